The number of nitrogens with one attached hydrogen (secondary N) is 1. The van der Waals surface area contributed by atoms with Crippen LogP contribution in [0, 0.1) is 0 Å². The molecule has 0 aliphatic heterocycles. The third kappa shape index (κ3) is 2.95. The Kier molecular flexibility index (Phi) is 4.04. The molecule has 1 heterocycles. The SMILES string of the molecule is O=c1[nH]c(C(F)(F)F)ccc1-c1cc(Cl)cc(Cl)c1Cl. The lowest BCUT2D eigenvalue weighted by Gasteiger charge is -2.09. The number of hydrogen-bond acceptors (Lipinski definition) is 1. The molecule has 2 nitrogen and oxygen atoms in total. The van der Waals surface area contributed by atoms with Crippen molar-refractivity contribution in [2.75, 3.05) is 0 Å². The number of aromatic amines is 1. The second kappa shape index (κ2) is 5.31. The van der Waals surface area contributed by atoms with Gasteiger partial charge in [0.1, 0.15) is 5.69 Å². The summed E-state index contributed by atoms with van der Waals surface area (Å²) in [5, 5.41) is 0.364. The Labute approximate surface area is 126 Å². The minimum Gasteiger partial charge on any atom is -0.318 e. The molecule has 106 valence electrons. The van der Waals surface area contributed by atoms with Crippen molar-refractivity contribution in [1.29, 1.82) is 0 Å². The van der Waals surface area contributed by atoms with Crippen LogP contribution in [0.15, 0.2) is 29.1 Å². The summed E-state index contributed by atoms with van der Waals surface area (Å²) in [6, 6.07) is 4.50. The smallest absolute Gasteiger partial charge is 0.318 e. The van der Waals surface area contributed by atoms with Gasteiger partial charge in [0.15, 0.2) is 0 Å². The van der Waals surface area contributed by atoms with E-state index in [-0.39, 0.29) is 26.2 Å². The number of H-pyrrole nitrogens is 1. The van der Waals surface area contributed by atoms with Gasteiger partial charge in [0.05, 0.1) is 10.0 Å². The van der Waals surface area contributed by atoms with Gasteiger partial charge < -0.3 is 4.98 Å². The average Bonchev–Trinajstić information content (AvgIpc) is 2.33. The molecule has 8 heteroatoms. The fourth-order valence-electron chi connectivity index (χ4n) is 1.60. The molecule has 2 aromatic rings. The first-order valence-electron chi connectivity index (χ1n) is 5.15. The highest BCUT2D eigenvalue weighted by atomic mass is 35.5. The first-order chi connectivity index (χ1) is 9.20. The van der Waals surface area contributed by atoms with Crippen LogP contribution in [0.2, 0.25) is 15.1 Å². The summed E-state index contributed by atoms with van der Waals surface area (Å²) >= 11 is 17.5. The summed E-state index contributed by atoms with van der Waals surface area (Å²) in [5.41, 5.74) is -1.96. The largest absolute Gasteiger partial charge is 0.431 e. The Hall–Kier alpha value is -1.17. The molecule has 0 aliphatic rings. The molecular formula is C12H5Cl3F3NO. The first-order valence-corrected chi connectivity index (χ1v) is 6.29. The van der Waals surface area contributed by atoms with Crippen LogP contribution in [-0.2, 0) is 6.18 Å². The molecule has 0 unspecified atom stereocenters. The molecule has 0 atom stereocenters. The normalized spacial score (nSPS) is 11.7. The summed E-state index contributed by atoms with van der Waals surface area (Å²) in [6.45, 7) is 0. The van der Waals surface area contributed by atoms with E-state index in [1.165, 1.54) is 12.1 Å². The van der Waals surface area contributed by atoms with E-state index in [4.69, 9.17) is 34.8 Å². The van der Waals surface area contributed by atoms with Gasteiger partial charge in [-0.3, -0.25) is 4.79 Å². The zero-order chi connectivity index (χ0) is 15.1. The van der Waals surface area contributed by atoms with Gasteiger partial charge in [-0.05, 0) is 24.3 Å². The molecule has 0 amide bonds. The van der Waals surface area contributed by atoms with Crippen molar-refractivity contribution in [3.63, 3.8) is 0 Å². The Morgan fingerprint density at radius 3 is 2.20 bits per heavy atom. The predicted molar refractivity (Wildman–Crippen MR) is 72.5 cm³/mol. The number of aromatic nitrogens is 1. The molecule has 0 aliphatic carbocycles. The molecule has 0 saturated carbocycles. The molecule has 0 bridgehead atoms. The Bertz CT molecular complexity index is 725. The van der Waals surface area contributed by atoms with E-state index in [1.807, 2.05) is 0 Å². The molecule has 0 saturated heterocycles. The summed E-state index contributed by atoms with van der Waals surface area (Å²) in [6.07, 6.45) is -4.63. The fraction of sp³-hybridized carbons (Fsp3) is 0.0833. The minimum absolute atomic E-state index is 0.0429. The third-order valence-electron chi connectivity index (χ3n) is 2.50. The van der Waals surface area contributed by atoms with Gasteiger partial charge in [0.25, 0.3) is 5.56 Å². The summed E-state index contributed by atoms with van der Waals surface area (Å²) in [4.78, 5) is 13.5. The molecule has 1 N–H and O–H groups in total. The number of rotatable bonds is 1. The summed E-state index contributed by atoms with van der Waals surface area (Å²) < 4.78 is 37.4. The van der Waals surface area contributed by atoms with E-state index >= 15 is 0 Å². The van der Waals surface area contributed by atoms with Crippen molar-refractivity contribution in [1.82, 2.24) is 4.98 Å². The van der Waals surface area contributed by atoms with Crippen molar-refractivity contribution in [2.45, 2.75) is 6.18 Å². The van der Waals surface area contributed by atoms with E-state index in [1.54, 1.807) is 4.98 Å². The lowest BCUT2D eigenvalue weighted by atomic mass is 10.1. The van der Waals surface area contributed by atoms with Gasteiger partial charge in [-0.25, -0.2) is 0 Å². The predicted octanol–water partition coefficient (Wildman–Crippen LogP) is 5.02. The lowest BCUT2D eigenvalue weighted by Crippen LogP contribution is -2.17. The minimum atomic E-state index is -4.63. The topological polar surface area (TPSA) is 32.9 Å². The Balaban J connectivity index is 2.64. The second-order valence-corrected chi connectivity index (χ2v) is 5.08. The second-order valence-electron chi connectivity index (χ2n) is 3.86. The quantitative estimate of drug-likeness (QED) is 0.725. The molecule has 0 fully saturated rings. The van der Waals surface area contributed by atoms with Crippen LogP contribution < -0.4 is 5.56 Å². The van der Waals surface area contributed by atoms with Gasteiger partial charge in [0.2, 0.25) is 0 Å². The first kappa shape index (κ1) is 15.2. The zero-order valence-corrected chi connectivity index (χ0v) is 11.8. The molecule has 20 heavy (non-hydrogen) atoms. The Morgan fingerprint density at radius 2 is 1.65 bits per heavy atom. The van der Waals surface area contributed by atoms with Crippen LogP contribution in [0.5, 0.6) is 0 Å². The fourth-order valence-corrected chi connectivity index (χ4v) is 2.31. The molecule has 0 radical (unpaired) electrons. The van der Waals surface area contributed by atoms with Crippen molar-refractivity contribution >= 4 is 34.8 Å². The average molecular weight is 343 g/mol. The van der Waals surface area contributed by atoms with Crippen molar-refractivity contribution in [2.24, 2.45) is 0 Å². The van der Waals surface area contributed by atoms with Gasteiger partial charge >= 0.3 is 6.18 Å². The van der Waals surface area contributed by atoms with Gasteiger partial charge in [-0.15, -0.1) is 0 Å². The molecule has 2 rings (SSSR count). The molecule has 1 aromatic carbocycles. The maximum atomic E-state index is 12.5. The van der Waals surface area contributed by atoms with Gasteiger partial charge in [0, 0.05) is 16.1 Å². The van der Waals surface area contributed by atoms with E-state index in [0.717, 1.165) is 12.1 Å². The Morgan fingerprint density at radius 1 is 1.00 bits per heavy atom. The highest BCUT2D eigenvalue weighted by Crippen LogP contribution is 2.35. The van der Waals surface area contributed by atoms with Crippen LogP contribution in [0.4, 0.5) is 13.2 Å². The van der Waals surface area contributed by atoms with Crippen molar-refractivity contribution < 1.29 is 13.2 Å². The lowest BCUT2D eigenvalue weighted by molar-refractivity contribution is -0.141. The van der Waals surface area contributed by atoms with E-state index in [2.05, 4.69) is 0 Å². The van der Waals surface area contributed by atoms with Crippen LogP contribution in [-0.4, -0.2) is 4.98 Å². The summed E-state index contributed by atoms with van der Waals surface area (Å²) in [5.74, 6) is 0. The monoisotopic (exact) mass is 341 g/mol. The zero-order valence-electron chi connectivity index (χ0n) is 9.49. The highest BCUT2D eigenvalue weighted by molar-refractivity contribution is 6.45. The van der Waals surface area contributed by atoms with E-state index in [9.17, 15) is 18.0 Å². The van der Waals surface area contributed by atoms with Crippen molar-refractivity contribution in [3.8, 4) is 11.1 Å². The molecular weight excluding hydrogens is 337 g/mol. The van der Waals surface area contributed by atoms with Crippen LogP contribution in [0.3, 0.4) is 0 Å². The number of benzene rings is 1. The van der Waals surface area contributed by atoms with Crippen LogP contribution in [0.1, 0.15) is 5.69 Å². The van der Waals surface area contributed by atoms with Gasteiger partial charge in [-0.1, -0.05) is 34.8 Å². The third-order valence-corrected chi connectivity index (χ3v) is 3.52. The summed E-state index contributed by atoms with van der Waals surface area (Å²) in [7, 11) is 0. The van der Waals surface area contributed by atoms with Crippen LogP contribution in [0.25, 0.3) is 11.1 Å². The van der Waals surface area contributed by atoms with Gasteiger partial charge in [-0.2, -0.15) is 13.2 Å². The van der Waals surface area contributed by atoms with Crippen molar-refractivity contribution in [3.05, 3.63) is 55.4 Å². The van der Waals surface area contributed by atoms with E-state index < -0.39 is 17.4 Å². The number of pyridine rings is 1. The number of alkyl halides is 3. The molecule has 0 spiro atoms. The maximum absolute atomic E-state index is 12.5. The number of hydrogen-bond donors (Lipinski definition) is 1. The highest BCUT2D eigenvalue weighted by Gasteiger charge is 2.32. The maximum Gasteiger partial charge on any atom is 0.431 e. The number of halogens is 6. The van der Waals surface area contributed by atoms with E-state index in [0.29, 0.717) is 0 Å². The van der Waals surface area contributed by atoms with Crippen LogP contribution >= 0.6 is 34.8 Å². The standard InChI is InChI=1S/C12H5Cl3F3NO/c13-5-3-7(10(15)8(14)4-5)6-1-2-9(12(16,17)18)19-11(6)20/h1-4H,(H,19,20). The molecule has 1 aromatic heterocycles.